The van der Waals surface area contributed by atoms with E-state index in [9.17, 15) is 42.8 Å². The number of nitrogens with one attached hydrogen (secondary N) is 4. The molecule has 0 unspecified atom stereocenters. The van der Waals surface area contributed by atoms with Gasteiger partial charge in [0.05, 0.1) is 37.5 Å². The van der Waals surface area contributed by atoms with Crippen LogP contribution in [-0.2, 0) is 45.2 Å². The second-order valence-electron chi connectivity index (χ2n) is 11.0. The number of amides is 3. The van der Waals surface area contributed by atoms with Crippen LogP contribution in [0.15, 0.2) is 71.1 Å². The molecule has 2 rings (SSSR count). The monoisotopic (exact) mass is 703 g/mol. The van der Waals surface area contributed by atoms with Crippen molar-refractivity contribution in [3.63, 3.8) is 0 Å². The van der Waals surface area contributed by atoms with Gasteiger partial charge in [0.2, 0.25) is 17.7 Å². The van der Waals surface area contributed by atoms with Crippen LogP contribution >= 0.6 is 11.6 Å². The molecule has 258 valence electrons. The fourth-order valence-electron chi connectivity index (χ4n) is 4.19. The van der Waals surface area contributed by atoms with E-state index in [1.165, 1.54) is 12.1 Å². The number of nitriles is 1. The molecule has 16 heteroatoms. The van der Waals surface area contributed by atoms with Crippen molar-refractivity contribution >= 4 is 51.1 Å². The molecular weight excluding hydrogens is 666 g/mol. The molecule has 0 aliphatic heterocycles. The highest BCUT2D eigenvalue weighted by molar-refractivity contribution is 7.96. The van der Waals surface area contributed by atoms with Gasteiger partial charge in [0, 0.05) is 6.26 Å². The van der Waals surface area contributed by atoms with E-state index in [1.807, 2.05) is 6.07 Å². The maximum absolute atomic E-state index is 13.7. The highest BCUT2D eigenvalue weighted by Crippen LogP contribution is 2.16. The van der Waals surface area contributed by atoms with E-state index in [1.54, 1.807) is 62.4 Å². The number of carboxylic acid groups (broad SMARTS) is 1. The fourth-order valence-corrected chi connectivity index (χ4v) is 4.76. The fraction of sp³-hybridized carbons (Fsp3) is 0.375. The second-order valence-corrected chi connectivity index (χ2v) is 13.6. The molecule has 0 aliphatic carbocycles. The number of halogens is 1. The third kappa shape index (κ3) is 13.5. The maximum atomic E-state index is 13.7. The molecule has 0 saturated heterocycles. The minimum Gasteiger partial charge on any atom is -0.481 e. The number of ether oxygens (including phenoxy) is 1. The van der Waals surface area contributed by atoms with Crippen LogP contribution in [0.25, 0.3) is 0 Å². The predicted molar refractivity (Wildman–Crippen MR) is 175 cm³/mol. The SMILES string of the molecule is CC(C)[C@H](NC(=O)[C@@H](NC(=O)[C@H](CC(=O)O)NCC(=O)OCc1ccccc1)c1ccccc1)C(=O)N[C@H](/C=C(\Cl)S(C)(=O)=O)CC#N. The molecule has 2 aromatic carbocycles. The van der Waals surface area contributed by atoms with Crippen LogP contribution in [0.3, 0.4) is 0 Å². The average molecular weight is 704 g/mol. The lowest BCUT2D eigenvalue weighted by Gasteiger charge is -2.27. The van der Waals surface area contributed by atoms with Crippen LogP contribution in [0.4, 0.5) is 0 Å². The topological polar surface area (TPSA) is 221 Å². The molecule has 3 amide bonds. The minimum absolute atomic E-state index is 0.0315. The average Bonchev–Trinajstić information content (AvgIpc) is 3.03. The molecular formula is C32H38ClN5O9S. The van der Waals surface area contributed by atoms with Crippen LogP contribution in [0.2, 0.25) is 0 Å². The van der Waals surface area contributed by atoms with E-state index < -0.39 is 86.9 Å². The third-order valence-corrected chi connectivity index (χ3v) is 8.50. The largest absolute Gasteiger partial charge is 0.481 e. The van der Waals surface area contributed by atoms with Crippen LogP contribution < -0.4 is 21.3 Å². The zero-order chi connectivity index (χ0) is 35.9. The van der Waals surface area contributed by atoms with Crippen LogP contribution in [0.1, 0.15) is 43.9 Å². The van der Waals surface area contributed by atoms with Crippen LogP contribution in [0, 0.1) is 17.2 Å². The van der Waals surface area contributed by atoms with Gasteiger partial charge < -0.3 is 25.8 Å². The molecule has 48 heavy (non-hydrogen) atoms. The van der Waals surface area contributed by atoms with Gasteiger partial charge in [-0.1, -0.05) is 86.1 Å². The molecule has 0 aliphatic rings. The van der Waals surface area contributed by atoms with Gasteiger partial charge in [-0.05, 0) is 23.1 Å². The van der Waals surface area contributed by atoms with Gasteiger partial charge in [0.1, 0.15) is 23.1 Å². The minimum atomic E-state index is -3.81. The summed E-state index contributed by atoms with van der Waals surface area (Å²) in [6.45, 7) is 2.72. The number of sulfone groups is 1. The zero-order valence-corrected chi connectivity index (χ0v) is 28.1. The van der Waals surface area contributed by atoms with Gasteiger partial charge in [-0.2, -0.15) is 5.26 Å². The molecule has 0 radical (unpaired) electrons. The number of aliphatic carboxylic acids is 1. The quantitative estimate of drug-likeness (QED) is 0.141. The summed E-state index contributed by atoms with van der Waals surface area (Å²) in [4.78, 5) is 64.2. The molecule has 0 spiro atoms. The number of hydrogen-bond acceptors (Lipinski definition) is 10. The van der Waals surface area contributed by atoms with Crippen LogP contribution in [-0.4, -0.2) is 74.1 Å². The molecule has 0 fully saturated rings. The third-order valence-electron chi connectivity index (χ3n) is 6.68. The summed E-state index contributed by atoms with van der Waals surface area (Å²) in [5.41, 5.74) is 1.03. The van der Waals surface area contributed by atoms with Crippen molar-refractivity contribution in [3.05, 3.63) is 82.2 Å². The zero-order valence-electron chi connectivity index (χ0n) is 26.5. The number of carboxylic acids is 1. The van der Waals surface area contributed by atoms with Gasteiger partial charge in [0.15, 0.2) is 9.84 Å². The highest BCUT2D eigenvalue weighted by atomic mass is 35.5. The number of carbonyl (C=O) groups is 5. The summed E-state index contributed by atoms with van der Waals surface area (Å²) in [5.74, 6) is -5.13. The standard InChI is InChI=1S/C32H38ClN5O9S/c1-20(2)28(31(43)36-23(14-15-34)16-25(33)48(3,45)46)37-32(44)29(22-12-8-5-9-13-22)38-30(42)24(17-26(39)40)35-18-27(41)47-19-21-10-6-4-7-11-21/h4-13,16,20,23-24,28-29,35H,14,17-19H2,1-3H3,(H,36,43)(H,37,44)(H,38,42)(H,39,40)/b25-16+/t23-,24-,28-,29-/m0/s1. The van der Waals surface area contributed by atoms with Gasteiger partial charge in [-0.25, -0.2) is 8.42 Å². The summed E-state index contributed by atoms with van der Waals surface area (Å²) in [6.07, 6.45) is 0.816. The first-order chi connectivity index (χ1) is 22.6. The highest BCUT2D eigenvalue weighted by Gasteiger charge is 2.33. The Morgan fingerprint density at radius 1 is 0.938 bits per heavy atom. The Morgan fingerprint density at radius 2 is 1.54 bits per heavy atom. The molecule has 5 N–H and O–H groups in total. The smallest absolute Gasteiger partial charge is 0.320 e. The van der Waals surface area contributed by atoms with Gasteiger partial charge in [0.25, 0.3) is 0 Å². The van der Waals surface area contributed by atoms with Crippen molar-refractivity contribution in [1.82, 2.24) is 21.3 Å². The van der Waals surface area contributed by atoms with Crippen molar-refractivity contribution in [2.24, 2.45) is 5.92 Å². The van der Waals surface area contributed by atoms with E-state index in [0.29, 0.717) is 5.56 Å². The summed E-state index contributed by atoms with van der Waals surface area (Å²) < 4.78 is 28.1. The molecule has 0 aromatic heterocycles. The van der Waals surface area contributed by atoms with E-state index in [0.717, 1.165) is 17.9 Å². The Hall–Kier alpha value is -4.78. The lowest BCUT2D eigenvalue weighted by molar-refractivity contribution is -0.145. The van der Waals surface area contributed by atoms with Crippen molar-refractivity contribution in [1.29, 1.82) is 5.26 Å². The van der Waals surface area contributed by atoms with Gasteiger partial charge >= 0.3 is 11.9 Å². The Balaban J connectivity index is 2.24. The molecule has 14 nitrogen and oxygen atoms in total. The van der Waals surface area contributed by atoms with Crippen molar-refractivity contribution in [2.75, 3.05) is 12.8 Å². The number of esters is 1. The Bertz CT molecular complexity index is 1610. The first kappa shape index (κ1) is 39.4. The lowest BCUT2D eigenvalue weighted by atomic mass is 10.00. The first-order valence-corrected chi connectivity index (χ1v) is 16.9. The molecule has 0 saturated carbocycles. The normalized spacial score (nSPS) is 14.0. The number of nitrogens with zero attached hydrogens (tertiary/aromatic N) is 1. The van der Waals surface area contributed by atoms with Gasteiger partial charge in [-0.3, -0.25) is 29.3 Å². The number of benzene rings is 2. The van der Waals surface area contributed by atoms with Crippen LogP contribution in [0.5, 0.6) is 0 Å². The summed E-state index contributed by atoms with van der Waals surface area (Å²) in [6, 6.07) is 13.4. The summed E-state index contributed by atoms with van der Waals surface area (Å²) in [7, 11) is -3.81. The Morgan fingerprint density at radius 3 is 2.08 bits per heavy atom. The predicted octanol–water partition coefficient (Wildman–Crippen LogP) is 1.68. The molecule has 2 aromatic rings. The Kier molecular flexibility index (Phi) is 15.7. The van der Waals surface area contributed by atoms with E-state index in [-0.39, 0.29) is 13.0 Å². The first-order valence-electron chi connectivity index (χ1n) is 14.7. The number of carbonyl (C=O) groups excluding carboxylic acids is 4. The molecule has 4 atom stereocenters. The van der Waals surface area contributed by atoms with E-state index in [2.05, 4.69) is 21.3 Å². The lowest BCUT2D eigenvalue weighted by Crippen LogP contribution is -2.55. The second kappa shape index (κ2) is 19.1. The van der Waals surface area contributed by atoms with E-state index in [4.69, 9.17) is 16.3 Å². The molecule has 0 bridgehead atoms. The van der Waals surface area contributed by atoms with E-state index >= 15 is 0 Å². The molecule has 0 heterocycles. The number of rotatable bonds is 18. The van der Waals surface area contributed by atoms with Gasteiger partial charge in [-0.15, -0.1) is 0 Å². The summed E-state index contributed by atoms with van der Waals surface area (Å²) in [5, 5.41) is 28.8. The van der Waals surface area contributed by atoms with Crippen molar-refractivity contribution in [3.8, 4) is 6.07 Å². The maximum Gasteiger partial charge on any atom is 0.320 e. The number of hydrogen-bond donors (Lipinski definition) is 5. The Labute approximate surface area is 283 Å². The van der Waals surface area contributed by atoms with Crippen molar-refractivity contribution in [2.45, 2.75) is 57.5 Å². The summed E-state index contributed by atoms with van der Waals surface area (Å²) >= 11 is 5.83. The van der Waals surface area contributed by atoms with Crippen molar-refractivity contribution < 1.29 is 42.2 Å².